The number of hydrogen-bond acceptors (Lipinski definition) is 27. The van der Waals surface area contributed by atoms with Gasteiger partial charge in [-0.1, -0.05) is 6.07 Å². The number of aliphatic hydroxyl groups excluding tert-OH is 7. The van der Waals surface area contributed by atoms with Crippen LogP contribution in [0.3, 0.4) is 0 Å². The molecule has 0 amide bonds. The van der Waals surface area contributed by atoms with E-state index in [1.165, 1.54) is 94.1 Å². The van der Waals surface area contributed by atoms with E-state index in [9.17, 15) is 75.3 Å². The molecule has 0 bridgehead atoms. The van der Waals surface area contributed by atoms with Crippen LogP contribution in [0.4, 0.5) is 0 Å². The van der Waals surface area contributed by atoms with Gasteiger partial charge in [-0.15, -0.1) is 0 Å². The number of esters is 3. The third-order valence-electron chi connectivity index (χ3n) is 13.3. The minimum Gasteiger partial charge on any atom is -0.508 e. The zero-order valence-electron chi connectivity index (χ0n) is 45.0. The van der Waals surface area contributed by atoms with Crippen molar-refractivity contribution in [2.45, 2.75) is 92.4 Å². The summed E-state index contributed by atoms with van der Waals surface area (Å²) in [4.78, 5) is 49.7. The van der Waals surface area contributed by atoms with Crippen LogP contribution in [0.2, 0.25) is 0 Å². The van der Waals surface area contributed by atoms with Crippen LogP contribution < -0.4 is 23.7 Å². The lowest BCUT2D eigenvalue weighted by molar-refractivity contribution is -0.345. The Morgan fingerprint density at radius 1 is 0.588 bits per heavy atom. The second-order valence-corrected chi connectivity index (χ2v) is 19.1. The number of phenolic OH excluding ortho intramolecular Hbond substituents is 4. The van der Waals surface area contributed by atoms with Gasteiger partial charge in [0, 0.05) is 24.3 Å². The van der Waals surface area contributed by atoms with Crippen molar-refractivity contribution in [1.82, 2.24) is 0 Å². The van der Waals surface area contributed by atoms with Gasteiger partial charge in [-0.25, -0.2) is 14.0 Å². The van der Waals surface area contributed by atoms with Crippen LogP contribution in [0.5, 0.6) is 51.7 Å². The third-order valence-corrected chi connectivity index (χ3v) is 13.3. The Labute approximate surface area is 480 Å². The minimum atomic E-state index is -2.14. The summed E-state index contributed by atoms with van der Waals surface area (Å²) in [5.74, 6) is -7.03. The summed E-state index contributed by atoms with van der Waals surface area (Å²) in [6, 6.07) is 15.5. The fourth-order valence-corrected chi connectivity index (χ4v) is 8.89. The Balaban J connectivity index is 1.15. The zero-order valence-corrected chi connectivity index (χ0v) is 45.0. The number of carboxylic acids is 1. The van der Waals surface area contributed by atoms with Crippen LogP contribution in [0, 0.1) is 0 Å². The van der Waals surface area contributed by atoms with Crippen LogP contribution in [0.1, 0.15) is 17.5 Å². The van der Waals surface area contributed by atoms with E-state index < -0.39 is 148 Å². The molecule has 85 heavy (non-hydrogen) atoms. The normalized spacial score (nSPS) is 26.8. The number of rotatable bonds is 21. The summed E-state index contributed by atoms with van der Waals surface area (Å²) in [6.45, 7) is -2.27. The number of aliphatic hydroxyl groups is 7. The van der Waals surface area contributed by atoms with E-state index in [0.29, 0.717) is 5.56 Å². The maximum absolute atomic E-state index is 13.5. The first-order valence-corrected chi connectivity index (χ1v) is 25.6. The molecule has 4 heterocycles. The highest BCUT2D eigenvalue weighted by Crippen LogP contribution is 2.43. The first-order valence-electron chi connectivity index (χ1n) is 25.6. The van der Waals surface area contributed by atoms with E-state index in [0.717, 1.165) is 24.3 Å². The fourth-order valence-electron chi connectivity index (χ4n) is 8.89. The van der Waals surface area contributed by atoms with Gasteiger partial charge in [0.25, 0.3) is 0 Å². The summed E-state index contributed by atoms with van der Waals surface area (Å²) in [5, 5.41) is 129. The molecule has 3 saturated heterocycles. The number of carbonyl (C=O) groups excluding carboxylic acids is 3. The number of ether oxygens (including phenoxy) is 12. The molecule has 14 atom stereocenters. The number of carbonyl (C=O) groups is 4. The van der Waals surface area contributed by atoms with Crippen molar-refractivity contribution in [3.05, 3.63) is 96.1 Å². The predicted molar refractivity (Wildman–Crippen MR) is 283 cm³/mol. The van der Waals surface area contributed by atoms with E-state index in [2.05, 4.69) is 0 Å². The highest BCUT2D eigenvalue weighted by Gasteiger charge is 2.52. The van der Waals surface area contributed by atoms with Gasteiger partial charge in [-0.3, -0.25) is 9.59 Å². The Morgan fingerprint density at radius 3 is 1.87 bits per heavy atom. The number of aliphatic carboxylic acids is 1. The molecule has 5 aromatic rings. The molecule has 29 nitrogen and oxygen atoms in total. The molecule has 12 N–H and O–H groups in total. The smallest absolute Gasteiger partial charge is 0.402 e. The quantitative estimate of drug-likeness (QED) is 0.0157. The van der Waals surface area contributed by atoms with E-state index in [1.54, 1.807) is 0 Å². The first-order chi connectivity index (χ1) is 40.5. The van der Waals surface area contributed by atoms with Crippen LogP contribution >= 0.6 is 0 Å². The fraction of sp³-hybridized carbons (Fsp3) is 0.375. The molecule has 3 fully saturated rings. The molecule has 1 aromatic heterocycles. The second kappa shape index (κ2) is 27.4. The molecule has 0 spiro atoms. The highest BCUT2D eigenvalue weighted by atomic mass is 16.8. The molecule has 0 radical (unpaired) electrons. The molecule has 3 aliphatic heterocycles. The van der Waals surface area contributed by atoms with E-state index in [1.807, 2.05) is 0 Å². The molecule has 0 aliphatic carbocycles. The van der Waals surface area contributed by atoms with E-state index in [-0.39, 0.29) is 68.1 Å². The van der Waals surface area contributed by atoms with Crippen LogP contribution in [0.15, 0.2) is 89.4 Å². The van der Waals surface area contributed by atoms with Gasteiger partial charge in [-0.2, -0.15) is 0 Å². The average Bonchev–Trinajstić information content (AvgIpc) is 3.63. The molecule has 5 unspecified atom stereocenters. The first kappa shape index (κ1) is 62.5. The zero-order chi connectivity index (χ0) is 61.4. The van der Waals surface area contributed by atoms with Crippen molar-refractivity contribution in [3.8, 4) is 63.1 Å². The highest BCUT2D eigenvalue weighted by molar-refractivity contribution is 5.91. The van der Waals surface area contributed by atoms with Crippen molar-refractivity contribution in [3.63, 3.8) is 0 Å². The van der Waals surface area contributed by atoms with Crippen molar-refractivity contribution in [2.75, 3.05) is 41.2 Å². The number of fused-ring (bicyclic) bond motifs is 1. The molecule has 8 rings (SSSR count). The lowest BCUT2D eigenvalue weighted by Gasteiger charge is -2.45. The van der Waals surface area contributed by atoms with Gasteiger partial charge in [-0.05, 0) is 71.8 Å². The van der Waals surface area contributed by atoms with Gasteiger partial charge < -0.3 is 118 Å². The molecular weight excluding hydrogens is 1140 g/mol. The van der Waals surface area contributed by atoms with Gasteiger partial charge in [0.1, 0.15) is 97.2 Å². The Kier molecular flexibility index (Phi) is 20.1. The van der Waals surface area contributed by atoms with Crippen LogP contribution in [-0.4, -0.2) is 212 Å². The van der Waals surface area contributed by atoms with E-state index in [4.69, 9.17) is 66.4 Å². The monoisotopic (exact) mass is 1200 g/mol. The average molecular weight is 1200 g/mol. The van der Waals surface area contributed by atoms with Crippen LogP contribution in [-0.2, 0) is 52.3 Å². The van der Waals surface area contributed by atoms with Crippen molar-refractivity contribution in [1.29, 1.82) is 0 Å². The number of hydrogen-bond donors (Lipinski definition) is 12. The second-order valence-electron chi connectivity index (χ2n) is 19.1. The van der Waals surface area contributed by atoms with Crippen molar-refractivity contribution >= 4 is 47.0 Å². The molecular formula is C56H59O29+. The number of benzene rings is 4. The number of carboxylic acid groups (broad SMARTS) is 1. The molecule has 29 heteroatoms. The summed E-state index contributed by atoms with van der Waals surface area (Å²) < 4.78 is 74.0. The molecule has 3 aliphatic rings. The lowest BCUT2D eigenvalue weighted by atomic mass is 9.98. The minimum absolute atomic E-state index is 0.0120. The van der Waals surface area contributed by atoms with Gasteiger partial charge >= 0.3 is 35.2 Å². The Morgan fingerprint density at radius 2 is 1.20 bits per heavy atom. The maximum Gasteiger partial charge on any atom is 0.402 e. The summed E-state index contributed by atoms with van der Waals surface area (Å²) >= 11 is 0. The Hall–Kier alpha value is -8.59. The summed E-state index contributed by atoms with van der Waals surface area (Å²) in [5.41, 5.74) is 0.628. The molecule has 0 saturated carbocycles. The van der Waals surface area contributed by atoms with Crippen LogP contribution in [0.25, 0.3) is 34.4 Å². The summed E-state index contributed by atoms with van der Waals surface area (Å²) in [6.07, 6.45) is -23.5. The van der Waals surface area contributed by atoms with Gasteiger partial charge in [0.15, 0.2) is 41.5 Å². The molecule has 456 valence electrons. The van der Waals surface area contributed by atoms with Crippen molar-refractivity contribution in [2.24, 2.45) is 0 Å². The van der Waals surface area contributed by atoms with Crippen molar-refractivity contribution < 1.29 is 142 Å². The standard InChI is InChI=1S/C56H58O29/c1-73-34-14-24(4-11-30(34)59)5-12-41(63)76-22-39-47(69)49(71)53(85-55-52(44(66)31(60)21-78-55)84-42(64)13-6-25-15-35(74-2)45(67)36(16-25)75-3)56(83-39)81-37-19-29-32(79-51(37)26-7-9-27(57)10-8-26)17-28(58)18-33(29)80-54-50(72)48(70)46(68)38(82-54)23-77-43(65)20-40(61)62/h4-19,31,38-39,44,46-50,52-56,60,66,68-72H,20-23H2,1-3H3,(H4-,57,58,59,61,62,63,64,67)/p+1/t31-,38?,39?,44+,46-,47-,48+,49?,50?,52?,53-,54-,55+,56-/m1/s1. The topological polar surface area (TPSA) is 433 Å². The molecule has 4 aromatic carbocycles. The largest absolute Gasteiger partial charge is 0.508 e. The predicted octanol–water partition coefficient (Wildman–Crippen LogP) is 0.604. The SMILES string of the molecule is COc1cc(/C=C/C(=O)OCC2O[C@@H](Oc3cc4c(O[C@@H]5OC(COC(=O)CC(=O)O)[C@@H](O)[C@H](O)C5O)cc(O)cc4[o+]c3-c3ccc(O)cc3)[C@H](O[C@@H]3OC[C@@H](O)[C@H](O)C3OC(=O)/C=C/c3cc(OC)c(O)c(OC)c3)C(O)[C@@H]2O)ccc1O. The summed E-state index contributed by atoms with van der Waals surface area (Å²) in [7, 11) is 3.89. The van der Waals surface area contributed by atoms with Gasteiger partial charge in [0.05, 0.1) is 39.6 Å². The number of phenols is 4. The third kappa shape index (κ3) is 14.9. The number of aromatic hydroxyl groups is 4. The van der Waals surface area contributed by atoms with E-state index >= 15 is 0 Å². The van der Waals surface area contributed by atoms with Gasteiger partial charge in [0.2, 0.25) is 24.1 Å². The lowest BCUT2D eigenvalue weighted by Crippen LogP contribution is -2.64. The Bertz CT molecular complexity index is 3230. The maximum atomic E-state index is 13.5. The number of methoxy groups -OCH3 is 3.